The Labute approximate surface area is 74.1 Å². The van der Waals surface area contributed by atoms with Gasteiger partial charge in [0.2, 0.25) is 0 Å². The molecular weight excluding hydrogens is 193 g/mol. The summed E-state index contributed by atoms with van der Waals surface area (Å²) in [4.78, 5) is 0. The van der Waals surface area contributed by atoms with Crippen molar-refractivity contribution in [3.8, 4) is 0 Å². The maximum absolute atomic E-state index is 2.48. The summed E-state index contributed by atoms with van der Waals surface area (Å²) in [6.07, 6.45) is 3.10. The molecule has 0 spiro atoms. The van der Waals surface area contributed by atoms with Crippen LogP contribution in [-0.2, 0) is 0 Å². The molecule has 0 unspecified atom stereocenters. The molecule has 0 atom stereocenters. The van der Waals surface area contributed by atoms with Gasteiger partial charge in [-0.2, -0.15) is 0 Å². The van der Waals surface area contributed by atoms with E-state index in [9.17, 15) is 0 Å². The normalized spacial score (nSPS) is 23.5. The standard InChI is InChI=1S/C10H22Ge/c1-9(2)11(10(3)4)7-5-6-8-11/h9-10H,5-8H2,1-4H3. The van der Waals surface area contributed by atoms with Gasteiger partial charge in [-0.25, -0.2) is 0 Å². The van der Waals surface area contributed by atoms with Crippen molar-refractivity contribution in [2.75, 3.05) is 0 Å². The fourth-order valence-electron chi connectivity index (χ4n) is 2.85. The van der Waals surface area contributed by atoms with E-state index in [1.165, 1.54) is 0 Å². The summed E-state index contributed by atoms with van der Waals surface area (Å²) >= 11 is -1.31. The fraction of sp³-hybridized carbons (Fsp3) is 1.00. The molecule has 1 rings (SSSR count). The first kappa shape index (κ1) is 9.63. The Kier molecular flexibility index (Phi) is 3.07. The summed E-state index contributed by atoms with van der Waals surface area (Å²) < 4.78 is 2.13. The second-order valence-electron chi connectivity index (χ2n) is 4.75. The van der Waals surface area contributed by atoms with Crippen molar-refractivity contribution in [1.29, 1.82) is 0 Å². The first-order valence-electron chi connectivity index (χ1n) is 5.09. The molecule has 0 N–H and O–H groups in total. The zero-order chi connectivity index (χ0) is 8.48. The first-order valence-corrected chi connectivity index (χ1v) is 10.5. The SMILES string of the molecule is C[CH](C)[Ge]1([CH](C)C)[CH2]CC[CH2]1. The molecule has 1 fully saturated rings. The molecule has 0 amide bonds. The molecule has 0 bridgehead atoms. The van der Waals surface area contributed by atoms with Gasteiger partial charge in [-0.1, -0.05) is 0 Å². The second kappa shape index (κ2) is 3.51. The van der Waals surface area contributed by atoms with Crippen molar-refractivity contribution in [2.45, 2.75) is 60.5 Å². The minimum absolute atomic E-state index is 1.07. The summed E-state index contributed by atoms with van der Waals surface area (Å²) in [6.45, 7) is 9.91. The molecule has 0 aromatic heterocycles. The van der Waals surface area contributed by atoms with E-state index in [4.69, 9.17) is 0 Å². The van der Waals surface area contributed by atoms with E-state index in [0.717, 1.165) is 9.50 Å². The Bertz CT molecular complexity index is 111. The number of hydrogen-bond donors (Lipinski definition) is 0. The molecule has 0 nitrogen and oxygen atoms in total. The van der Waals surface area contributed by atoms with E-state index < -0.39 is 13.3 Å². The number of hydrogen-bond acceptors (Lipinski definition) is 0. The Morgan fingerprint density at radius 3 is 1.36 bits per heavy atom. The van der Waals surface area contributed by atoms with Crippen LogP contribution in [0.25, 0.3) is 0 Å². The molecule has 1 saturated heterocycles. The molecule has 0 aromatic rings. The third-order valence-electron chi connectivity index (χ3n) is 3.83. The van der Waals surface area contributed by atoms with E-state index in [1.807, 2.05) is 0 Å². The molecule has 0 aromatic carbocycles. The predicted octanol–water partition coefficient (Wildman–Crippen LogP) is 4.05. The van der Waals surface area contributed by atoms with Gasteiger partial charge in [-0.05, 0) is 0 Å². The van der Waals surface area contributed by atoms with Gasteiger partial charge >= 0.3 is 73.8 Å². The van der Waals surface area contributed by atoms with Gasteiger partial charge in [-0.15, -0.1) is 0 Å². The van der Waals surface area contributed by atoms with Gasteiger partial charge in [-0.3, -0.25) is 0 Å². The topological polar surface area (TPSA) is 0 Å². The molecule has 0 saturated carbocycles. The predicted molar refractivity (Wildman–Crippen MR) is 54.8 cm³/mol. The average molecular weight is 215 g/mol. The van der Waals surface area contributed by atoms with E-state index >= 15 is 0 Å². The van der Waals surface area contributed by atoms with Crippen LogP contribution in [0.1, 0.15) is 40.5 Å². The third kappa shape index (κ3) is 1.66. The van der Waals surface area contributed by atoms with Crippen LogP contribution in [-0.4, -0.2) is 13.3 Å². The van der Waals surface area contributed by atoms with E-state index in [-0.39, 0.29) is 0 Å². The van der Waals surface area contributed by atoms with Crippen molar-refractivity contribution in [1.82, 2.24) is 0 Å². The van der Waals surface area contributed by atoms with Crippen LogP contribution in [0.3, 0.4) is 0 Å². The first-order chi connectivity index (χ1) is 5.09. The van der Waals surface area contributed by atoms with E-state index in [1.54, 1.807) is 23.3 Å². The van der Waals surface area contributed by atoms with Crippen molar-refractivity contribution < 1.29 is 0 Å². The van der Waals surface area contributed by atoms with Crippen LogP contribution in [0, 0.1) is 0 Å². The summed E-state index contributed by atoms with van der Waals surface area (Å²) in [5.74, 6) is 0. The quantitative estimate of drug-likeness (QED) is 0.609. The van der Waals surface area contributed by atoms with Crippen molar-refractivity contribution >= 4 is 13.3 Å². The molecule has 1 aliphatic heterocycles. The van der Waals surface area contributed by atoms with Crippen LogP contribution in [0.5, 0.6) is 0 Å². The summed E-state index contributed by atoms with van der Waals surface area (Å²) in [5.41, 5.74) is 0. The summed E-state index contributed by atoms with van der Waals surface area (Å²) in [7, 11) is 0. The van der Waals surface area contributed by atoms with Crippen LogP contribution < -0.4 is 0 Å². The van der Waals surface area contributed by atoms with E-state index in [2.05, 4.69) is 27.7 Å². The zero-order valence-electron chi connectivity index (χ0n) is 8.48. The third-order valence-corrected chi connectivity index (χ3v) is 18.9. The van der Waals surface area contributed by atoms with Crippen LogP contribution in [0.2, 0.25) is 20.0 Å². The van der Waals surface area contributed by atoms with Crippen molar-refractivity contribution in [3.63, 3.8) is 0 Å². The second-order valence-corrected chi connectivity index (χ2v) is 16.9. The van der Waals surface area contributed by atoms with Gasteiger partial charge < -0.3 is 0 Å². The molecule has 1 heteroatoms. The Balaban J connectivity index is 2.70. The Hall–Kier alpha value is 0.543. The van der Waals surface area contributed by atoms with Gasteiger partial charge in [0, 0.05) is 0 Å². The molecule has 66 valence electrons. The van der Waals surface area contributed by atoms with Crippen LogP contribution >= 0.6 is 0 Å². The molecule has 11 heavy (non-hydrogen) atoms. The van der Waals surface area contributed by atoms with E-state index in [0.29, 0.717) is 0 Å². The maximum atomic E-state index is 2.48. The molecular formula is C10H22Ge. The van der Waals surface area contributed by atoms with Gasteiger partial charge in [0.25, 0.3) is 0 Å². The molecule has 0 radical (unpaired) electrons. The average Bonchev–Trinajstić information content (AvgIpc) is 2.34. The van der Waals surface area contributed by atoms with Gasteiger partial charge in [0.1, 0.15) is 0 Å². The summed E-state index contributed by atoms with van der Waals surface area (Å²) in [5, 5.41) is 3.32. The van der Waals surface area contributed by atoms with Crippen molar-refractivity contribution in [2.24, 2.45) is 0 Å². The Morgan fingerprint density at radius 2 is 1.18 bits per heavy atom. The van der Waals surface area contributed by atoms with Crippen LogP contribution in [0.4, 0.5) is 0 Å². The Morgan fingerprint density at radius 1 is 0.818 bits per heavy atom. The van der Waals surface area contributed by atoms with Gasteiger partial charge in [0.05, 0.1) is 0 Å². The fourth-order valence-corrected chi connectivity index (χ4v) is 14.8. The summed E-state index contributed by atoms with van der Waals surface area (Å²) in [6, 6.07) is 0. The zero-order valence-corrected chi connectivity index (χ0v) is 10.6. The molecule has 0 aliphatic carbocycles. The van der Waals surface area contributed by atoms with Gasteiger partial charge in [0.15, 0.2) is 0 Å². The minimum atomic E-state index is -1.31. The monoisotopic (exact) mass is 216 g/mol. The van der Waals surface area contributed by atoms with Crippen LogP contribution in [0.15, 0.2) is 0 Å². The van der Waals surface area contributed by atoms with Crippen molar-refractivity contribution in [3.05, 3.63) is 0 Å². The molecule has 1 aliphatic rings. The number of rotatable bonds is 2. The molecule has 1 heterocycles.